The van der Waals surface area contributed by atoms with Gasteiger partial charge in [0, 0.05) is 31.5 Å². The molecule has 1 atom stereocenters. The van der Waals surface area contributed by atoms with E-state index in [2.05, 4.69) is 40.6 Å². The van der Waals surface area contributed by atoms with Crippen molar-refractivity contribution < 1.29 is 18.3 Å². The van der Waals surface area contributed by atoms with Crippen LogP contribution in [0.4, 0.5) is 20.4 Å². The van der Waals surface area contributed by atoms with Gasteiger partial charge in [-0.2, -0.15) is 13.9 Å². The Morgan fingerprint density at radius 3 is 3.08 bits per heavy atom. The third-order valence-corrected chi connectivity index (χ3v) is 3.87. The van der Waals surface area contributed by atoms with Gasteiger partial charge < -0.3 is 15.4 Å². The van der Waals surface area contributed by atoms with Crippen molar-refractivity contribution in [3.63, 3.8) is 0 Å². The van der Waals surface area contributed by atoms with Gasteiger partial charge in [-0.25, -0.2) is 14.6 Å². The monoisotopic (exact) mass is 364 g/mol. The molecule has 1 saturated heterocycles. The van der Waals surface area contributed by atoms with E-state index in [0.29, 0.717) is 42.3 Å². The van der Waals surface area contributed by atoms with E-state index in [0.717, 1.165) is 0 Å². The van der Waals surface area contributed by atoms with Crippen LogP contribution in [0.3, 0.4) is 0 Å². The van der Waals surface area contributed by atoms with E-state index < -0.39 is 6.61 Å². The number of carbonyl (C=O) groups is 1. The normalized spacial score (nSPS) is 17.0. The maximum absolute atomic E-state index is 12.2. The van der Waals surface area contributed by atoms with Crippen LogP contribution in [0.15, 0.2) is 18.5 Å². The molecule has 0 aromatic carbocycles. The second-order valence-electron chi connectivity index (χ2n) is 5.79. The minimum absolute atomic E-state index is 0.0287. The molecule has 0 bridgehead atoms. The number of alkyl halides is 2. The second-order valence-corrected chi connectivity index (χ2v) is 5.79. The Balaban J connectivity index is 1.52. The summed E-state index contributed by atoms with van der Waals surface area (Å²) < 4.78 is 30.2. The van der Waals surface area contributed by atoms with E-state index >= 15 is 0 Å². The Kier molecular flexibility index (Phi) is 4.07. The van der Waals surface area contributed by atoms with Crippen molar-refractivity contribution in [2.45, 2.75) is 19.6 Å². The number of nitrogens with zero attached hydrogens (tertiary/aromatic N) is 5. The van der Waals surface area contributed by atoms with Crippen LogP contribution in [0.1, 0.15) is 6.42 Å². The zero-order chi connectivity index (χ0) is 18.1. The van der Waals surface area contributed by atoms with E-state index in [1.807, 2.05) is 0 Å². The molecule has 136 valence electrons. The van der Waals surface area contributed by atoms with Crippen LogP contribution in [0.2, 0.25) is 0 Å². The van der Waals surface area contributed by atoms with Gasteiger partial charge in [0.05, 0.1) is 12.4 Å². The number of H-pyrrole nitrogens is 1. The zero-order valence-electron chi connectivity index (χ0n) is 13.3. The van der Waals surface area contributed by atoms with E-state index in [4.69, 9.17) is 0 Å². The molecule has 0 saturated carbocycles. The lowest BCUT2D eigenvalue weighted by atomic mass is 10.1. The number of hydrogen-bond donors (Lipinski definition) is 3. The fraction of sp³-hybridized carbons (Fsp3) is 0.357. The van der Waals surface area contributed by atoms with Crippen LogP contribution >= 0.6 is 0 Å². The van der Waals surface area contributed by atoms with Crippen LogP contribution in [0.5, 0.6) is 5.88 Å². The lowest BCUT2D eigenvalue weighted by molar-refractivity contribution is -0.119. The maximum Gasteiger partial charge on any atom is 0.388 e. The number of rotatable bonds is 6. The number of nitrogens with one attached hydrogen (secondary N) is 3. The number of amides is 1. The van der Waals surface area contributed by atoms with Crippen molar-refractivity contribution in [3.05, 3.63) is 18.5 Å². The first kappa shape index (κ1) is 16.2. The molecule has 3 aromatic rings. The summed E-state index contributed by atoms with van der Waals surface area (Å²) in [7, 11) is 0. The summed E-state index contributed by atoms with van der Waals surface area (Å²) in [5.74, 6) is 0.643. The van der Waals surface area contributed by atoms with Crippen LogP contribution in [-0.4, -0.2) is 49.0 Å². The van der Waals surface area contributed by atoms with Crippen LogP contribution < -0.4 is 15.4 Å². The Labute approximate surface area is 145 Å². The fourth-order valence-electron chi connectivity index (χ4n) is 2.74. The summed E-state index contributed by atoms with van der Waals surface area (Å²) in [6.45, 7) is -1.81. The average Bonchev–Trinajstić information content (AvgIpc) is 3.30. The Bertz CT molecular complexity index is 940. The van der Waals surface area contributed by atoms with Crippen molar-refractivity contribution in [3.8, 4) is 5.88 Å². The molecular weight excluding hydrogens is 350 g/mol. The molecule has 1 aliphatic rings. The smallest absolute Gasteiger partial charge is 0.388 e. The van der Waals surface area contributed by atoms with Gasteiger partial charge in [-0.15, -0.1) is 5.10 Å². The van der Waals surface area contributed by atoms with Crippen molar-refractivity contribution >= 4 is 28.7 Å². The highest BCUT2D eigenvalue weighted by Crippen LogP contribution is 2.20. The number of aromatic amines is 1. The minimum Gasteiger partial charge on any atom is -0.415 e. The highest BCUT2D eigenvalue weighted by Gasteiger charge is 2.23. The van der Waals surface area contributed by atoms with Gasteiger partial charge >= 0.3 is 6.61 Å². The number of ether oxygens (including phenoxy) is 1. The van der Waals surface area contributed by atoms with Crippen LogP contribution in [0, 0.1) is 5.92 Å². The third-order valence-electron chi connectivity index (χ3n) is 3.87. The summed E-state index contributed by atoms with van der Waals surface area (Å²) in [5, 5.41) is 16.1. The van der Waals surface area contributed by atoms with E-state index in [1.54, 1.807) is 10.9 Å². The summed E-state index contributed by atoms with van der Waals surface area (Å²) in [5.41, 5.74) is 1.16. The van der Waals surface area contributed by atoms with Crippen LogP contribution in [0.25, 0.3) is 11.2 Å². The highest BCUT2D eigenvalue weighted by molar-refractivity contribution is 5.78. The lowest BCUT2D eigenvalue weighted by Crippen LogP contribution is -2.16. The molecule has 3 aromatic heterocycles. The first-order valence-corrected chi connectivity index (χ1v) is 7.79. The Hall–Kier alpha value is -3.31. The molecule has 26 heavy (non-hydrogen) atoms. The molecule has 1 fully saturated rings. The predicted molar refractivity (Wildman–Crippen MR) is 84.9 cm³/mol. The number of halogens is 2. The molecule has 0 aliphatic carbocycles. The zero-order valence-corrected chi connectivity index (χ0v) is 13.3. The molecule has 4 heterocycles. The number of anilines is 2. The molecule has 1 amide bonds. The second kappa shape index (κ2) is 6.54. The Morgan fingerprint density at radius 1 is 1.42 bits per heavy atom. The van der Waals surface area contributed by atoms with Gasteiger partial charge in [-0.1, -0.05) is 0 Å². The lowest BCUT2D eigenvalue weighted by Gasteiger charge is -2.08. The molecular formula is C14H14F2N8O2. The molecule has 10 nitrogen and oxygen atoms in total. The summed E-state index contributed by atoms with van der Waals surface area (Å²) >= 11 is 0. The quantitative estimate of drug-likeness (QED) is 0.597. The third kappa shape index (κ3) is 3.38. The topological polar surface area (TPSA) is 123 Å². The van der Waals surface area contributed by atoms with E-state index in [1.165, 1.54) is 12.3 Å². The fourth-order valence-corrected chi connectivity index (χ4v) is 2.74. The minimum atomic E-state index is -2.95. The number of hydrogen-bond acceptors (Lipinski definition) is 7. The maximum atomic E-state index is 12.2. The van der Waals surface area contributed by atoms with Gasteiger partial charge in [0.1, 0.15) is 11.3 Å². The number of aromatic nitrogens is 6. The molecule has 0 radical (unpaired) electrons. The molecule has 12 heteroatoms. The highest BCUT2D eigenvalue weighted by atomic mass is 19.3. The molecule has 0 spiro atoms. The van der Waals surface area contributed by atoms with Gasteiger partial charge in [0.2, 0.25) is 11.8 Å². The largest absolute Gasteiger partial charge is 0.415 e. The summed E-state index contributed by atoms with van der Waals surface area (Å²) in [6, 6.07) is 1.28. The van der Waals surface area contributed by atoms with Gasteiger partial charge in [-0.05, 0) is 0 Å². The molecule has 3 N–H and O–H groups in total. The molecule has 1 aliphatic heterocycles. The van der Waals surface area contributed by atoms with Crippen molar-refractivity contribution in [2.24, 2.45) is 5.92 Å². The first-order valence-electron chi connectivity index (χ1n) is 7.79. The van der Waals surface area contributed by atoms with Gasteiger partial charge in [0.15, 0.2) is 11.5 Å². The SMILES string of the molecule is O=C1C[C@H](Cn2ncc3ncc(Nc4cc(OC(F)F)n[nH]4)nc32)CN1. The van der Waals surface area contributed by atoms with Crippen LogP contribution in [-0.2, 0) is 11.3 Å². The predicted octanol–water partition coefficient (Wildman–Crippen LogP) is 1.03. The number of carbonyl (C=O) groups excluding carboxylic acids is 1. The van der Waals surface area contributed by atoms with E-state index in [9.17, 15) is 13.6 Å². The van der Waals surface area contributed by atoms with Gasteiger partial charge in [-0.3, -0.25) is 9.89 Å². The summed E-state index contributed by atoms with van der Waals surface area (Å²) in [6.07, 6.45) is 3.54. The van der Waals surface area contributed by atoms with E-state index in [-0.39, 0.29) is 17.7 Å². The average molecular weight is 364 g/mol. The first-order chi connectivity index (χ1) is 12.6. The molecule has 4 rings (SSSR count). The van der Waals surface area contributed by atoms with Crippen molar-refractivity contribution in [1.29, 1.82) is 0 Å². The number of fused-ring (bicyclic) bond motifs is 1. The van der Waals surface area contributed by atoms with Gasteiger partial charge in [0.25, 0.3) is 0 Å². The van der Waals surface area contributed by atoms with Crippen molar-refractivity contribution in [1.82, 2.24) is 35.3 Å². The Morgan fingerprint density at radius 2 is 2.31 bits per heavy atom. The standard InChI is InChI=1S/C14H14F2N8O2/c15-14(16)26-12-2-9(22-23-12)20-10-5-17-8-4-19-24(13(8)21-10)6-7-1-11(25)18-3-7/h2,4-5,7,14H,1,3,6H2,(H,18,25)(H2,20,21,22,23)/t7-/m0/s1. The molecule has 0 unspecified atom stereocenters. The summed E-state index contributed by atoms with van der Waals surface area (Å²) in [4.78, 5) is 20.0. The van der Waals surface area contributed by atoms with Crippen molar-refractivity contribution in [2.75, 3.05) is 11.9 Å².